The molecule has 4 aliphatic carbocycles. The Morgan fingerprint density at radius 1 is 0.700 bits per heavy atom. The van der Waals surface area contributed by atoms with E-state index in [9.17, 15) is 0 Å². The normalized spacial score (nSPS) is 25.0. The van der Waals surface area contributed by atoms with Crippen molar-refractivity contribution in [2.24, 2.45) is 0 Å². The number of rotatable bonds is 1. The SMILES string of the molecule is CC(C)n1c2ccc3c(c2c2c4c5c6c(c21)CCC[C@@H]6CC[C@@H]5CCC4)CCCC3. The van der Waals surface area contributed by atoms with Crippen LogP contribution in [0, 0.1) is 0 Å². The molecule has 0 amide bonds. The van der Waals surface area contributed by atoms with E-state index in [4.69, 9.17) is 0 Å². The van der Waals surface area contributed by atoms with E-state index >= 15 is 0 Å². The molecule has 0 fully saturated rings. The summed E-state index contributed by atoms with van der Waals surface area (Å²) in [5.41, 5.74) is 13.9. The lowest BCUT2D eigenvalue weighted by Gasteiger charge is -2.41. The maximum Gasteiger partial charge on any atom is 0.0532 e. The first kappa shape index (κ1) is 17.9. The molecule has 30 heavy (non-hydrogen) atoms. The first-order chi connectivity index (χ1) is 14.7. The number of fused-ring (bicyclic) bond motifs is 7. The summed E-state index contributed by atoms with van der Waals surface area (Å²) in [7, 11) is 0. The monoisotopic (exact) mass is 397 g/mol. The summed E-state index contributed by atoms with van der Waals surface area (Å²) in [5.74, 6) is 1.71. The molecule has 0 unspecified atom stereocenters. The zero-order valence-corrected chi connectivity index (χ0v) is 18.8. The van der Waals surface area contributed by atoms with Gasteiger partial charge < -0.3 is 4.57 Å². The molecule has 0 radical (unpaired) electrons. The largest absolute Gasteiger partial charge is 0.338 e. The van der Waals surface area contributed by atoms with Gasteiger partial charge in [-0.05, 0) is 142 Å². The summed E-state index contributed by atoms with van der Waals surface area (Å²) in [6, 6.07) is 5.51. The van der Waals surface area contributed by atoms with Crippen LogP contribution in [-0.2, 0) is 25.7 Å². The van der Waals surface area contributed by atoms with Crippen LogP contribution in [0.5, 0.6) is 0 Å². The molecule has 0 aliphatic heterocycles. The Hall–Kier alpha value is -1.76. The van der Waals surface area contributed by atoms with Crippen LogP contribution in [0.25, 0.3) is 21.8 Å². The van der Waals surface area contributed by atoms with E-state index in [-0.39, 0.29) is 0 Å². The molecule has 156 valence electrons. The standard InChI is InChI=1S/C29H35N/c1-17(2)30-24-16-15-18-7-3-4-10-21(18)27(24)28-22-11-5-8-19-13-14-20-9-6-12-23(29(28)30)26(20)25(19)22/h15-17,19-20H,3-14H2,1-2H3/t19-,20+/m0/s1. The van der Waals surface area contributed by atoms with Crippen LogP contribution in [0.1, 0.15) is 116 Å². The van der Waals surface area contributed by atoms with Crippen molar-refractivity contribution in [2.45, 2.75) is 109 Å². The molecular weight excluding hydrogens is 362 g/mol. The maximum atomic E-state index is 2.77. The fourth-order valence-corrected chi connectivity index (χ4v) is 8.13. The van der Waals surface area contributed by atoms with E-state index in [1.54, 1.807) is 44.1 Å². The van der Waals surface area contributed by atoms with Crippen molar-refractivity contribution < 1.29 is 0 Å². The highest BCUT2D eigenvalue weighted by atomic mass is 15.0. The first-order valence-corrected chi connectivity index (χ1v) is 12.9. The van der Waals surface area contributed by atoms with Gasteiger partial charge in [0.2, 0.25) is 0 Å². The van der Waals surface area contributed by atoms with Gasteiger partial charge >= 0.3 is 0 Å². The summed E-state index contributed by atoms with van der Waals surface area (Å²) >= 11 is 0. The van der Waals surface area contributed by atoms with E-state index in [0.29, 0.717) is 6.04 Å². The molecule has 3 aromatic rings. The van der Waals surface area contributed by atoms with Crippen molar-refractivity contribution in [3.8, 4) is 0 Å². The summed E-state index contributed by atoms with van der Waals surface area (Å²) in [6.45, 7) is 4.83. The highest BCUT2D eigenvalue weighted by Gasteiger charge is 2.38. The van der Waals surface area contributed by atoms with Gasteiger partial charge in [0.25, 0.3) is 0 Å². The highest BCUT2D eigenvalue weighted by molar-refractivity contribution is 6.14. The van der Waals surface area contributed by atoms with Gasteiger partial charge in [0.15, 0.2) is 0 Å². The van der Waals surface area contributed by atoms with Crippen molar-refractivity contribution in [3.63, 3.8) is 0 Å². The van der Waals surface area contributed by atoms with Crippen LogP contribution < -0.4 is 0 Å². The third kappa shape index (κ3) is 2.20. The Labute approximate surface area is 180 Å². The Balaban J connectivity index is 1.73. The predicted molar refractivity (Wildman–Crippen MR) is 127 cm³/mol. The molecule has 0 saturated heterocycles. The molecule has 0 saturated carbocycles. The Morgan fingerprint density at radius 2 is 1.37 bits per heavy atom. The van der Waals surface area contributed by atoms with Gasteiger partial charge in [-0.3, -0.25) is 0 Å². The predicted octanol–water partition coefficient (Wildman–Crippen LogP) is 7.89. The van der Waals surface area contributed by atoms with Crippen LogP contribution in [0.15, 0.2) is 12.1 Å². The van der Waals surface area contributed by atoms with E-state index in [2.05, 4.69) is 30.5 Å². The average Bonchev–Trinajstić information content (AvgIpc) is 3.14. The van der Waals surface area contributed by atoms with Gasteiger partial charge in [0.05, 0.1) is 5.52 Å². The lowest BCUT2D eigenvalue weighted by molar-refractivity contribution is 0.402. The highest BCUT2D eigenvalue weighted by Crippen LogP contribution is 2.55. The maximum absolute atomic E-state index is 2.77. The van der Waals surface area contributed by atoms with E-state index in [1.165, 1.54) is 77.0 Å². The molecule has 1 heteroatoms. The zero-order valence-electron chi connectivity index (χ0n) is 18.8. The average molecular weight is 398 g/mol. The smallest absolute Gasteiger partial charge is 0.0532 e. The van der Waals surface area contributed by atoms with Gasteiger partial charge in [-0.15, -0.1) is 0 Å². The third-order valence-electron chi connectivity index (χ3n) is 9.18. The Morgan fingerprint density at radius 3 is 2.13 bits per heavy atom. The summed E-state index contributed by atoms with van der Waals surface area (Å²) < 4.78 is 2.77. The Kier molecular flexibility index (Phi) is 3.80. The number of nitrogens with zero attached hydrogens (tertiary/aromatic N) is 1. The minimum absolute atomic E-state index is 0.525. The summed E-state index contributed by atoms with van der Waals surface area (Å²) in [4.78, 5) is 0. The van der Waals surface area contributed by atoms with Crippen molar-refractivity contribution in [1.82, 2.24) is 4.57 Å². The van der Waals surface area contributed by atoms with Gasteiger partial charge in [-0.2, -0.15) is 0 Å². The minimum Gasteiger partial charge on any atom is -0.338 e. The molecular formula is C29H35N. The van der Waals surface area contributed by atoms with E-state index in [0.717, 1.165) is 11.8 Å². The van der Waals surface area contributed by atoms with Crippen molar-refractivity contribution in [2.75, 3.05) is 0 Å². The lowest BCUT2D eigenvalue weighted by atomic mass is 9.64. The van der Waals surface area contributed by atoms with Crippen molar-refractivity contribution in [1.29, 1.82) is 0 Å². The molecule has 7 rings (SSSR count). The molecule has 0 spiro atoms. The lowest BCUT2D eigenvalue weighted by Crippen LogP contribution is -2.25. The van der Waals surface area contributed by atoms with Crippen LogP contribution in [0.2, 0.25) is 0 Å². The van der Waals surface area contributed by atoms with Crippen molar-refractivity contribution in [3.05, 3.63) is 45.5 Å². The number of benzene rings is 2. The zero-order chi connectivity index (χ0) is 20.0. The Bertz CT molecular complexity index is 1190. The number of aryl methyl sites for hydroxylation is 4. The summed E-state index contributed by atoms with van der Waals surface area (Å²) in [6.07, 6.45) is 16.6. The fourth-order valence-electron chi connectivity index (χ4n) is 8.13. The second kappa shape index (κ2) is 6.38. The molecule has 4 aliphatic rings. The molecule has 1 aromatic heterocycles. The second-order valence-electron chi connectivity index (χ2n) is 11.0. The van der Waals surface area contributed by atoms with Crippen LogP contribution in [-0.4, -0.2) is 4.57 Å². The number of aromatic nitrogens is 1. The molecule has 1 nitrogen and oxygen atoms in total. The fraction of sp³-hybridized carbons (Fsp3) is 0.586. The molecule has 0 bridgehead atoms. The quantitative estimate of drug-likeness (QED) is 0.393. The number of hydrogen-bond donors (Lipinski definition) is 0. The van der Waals surface area contributed by atoms with E-state index < -0.39 is 0 Å². The number of hydrogen-bond acceptors (Lipinski definition) is 0. The molecule has 0 N–H and O–H groups in total. The molecule has 2 aromatic carbocycles. The van der Waals surface area contributed by atoms with Gasteiger partial charge in [-0.25, -0.2) is 0 Å². The first-order valence-electron chi connectivity index (χ1n) is 12.9. The summed E-state index contributed by atoms with van der Waals surface area (Å²) in [5, 5.41) is 3.40. The second-order valence-corrected chi connectivity index (χ2v) is 11.0. The van der Waals surface area contributed by atoms with Gasteiger partial charge in [0, 0.05) is 22.3 Å². The molecule has 1 heterocycles. The van der Waals surface area contributed by atoms with Gasteiger partial charge in [-0.1, -0.05) is 6.07 Å². The topological polar surface area (TPSA) is 4.93 Å². The van der Waals surface area contributed by atoms with Crippen LogP contribution in [0.3, 0.4) is 0 Å². The minimum atomic E-state index is 0.525. The third-order valence-corrected chi connectivity index (χ3v) is 9.18. The van der Waals surface area contributed by atoms with Crippen LogP contribution >= 0.6 is 0 Å². The van der Waals surface area contributed by atoms with Gasteiger partial charge in [0.1, 0.15) is 0 Å². The van der Waals surface area contributed by atoms with E-state index in [1.807, 2.05) is 11.1 Å². The van der Waals surface area contributed by atoms with Crippen molar-refractivity contribution >= 4 is 21.8 Å². The van der Waals surface area contributed by atoms with Crippen LogP contribution in [0.4, 0.5) is 0 Å². The molecule has 2 atom stereocenters.